The van der Waals surface area contributed by atoms with E-state index in [1.165, 1.54) is 6.33 Å². The van der Waals surface area contributed by atoms with Gasteiger partial charge in [0.1, 0.15) is 12.2 Å². The molecular weight excluding hydrogens is 314 g/mol. The van der Waals surface area contributed by atoms with Crippen LogP contribution in [0.4, 0.5) is 0 Å². The maximum Gasteiger partial charge on any atom is 0.207 e. The Labute approximate surface area is 140 Å². The Morgan fingerprint density at radius 2 is 2.26 bits per heavy atom. The molecule has 0 fully saturated rings. The predicted molar refractivity (Wildman–Crippen MR) is 91.2 cm³/mol. The third-order valence-corrected chi connectivity index (χ3v) is 3.88. The first kappa shape index (κ1) is 17.1. The van der Waals surface area contributed by atoms with E-state index < -0.39 is 0 Å². The average molecular weight is 334 g/mol. The van der Waals surface area contributed by atoms with Crippen LogP contribution < -0.4 is 5.32 Å². The molecule has 7 heteroatoms. The predicted octanol–water partition coefficient (Wildman–Crippen LogP) is 3.10. The number of hydrogen-bond acceptors (Lipinski definition) is 4. The van der Waals surface area contributed by atoms with E-state index in [9.17, 15) is 4.79 Å². The quantitative estimate of drug-likeness (QED) is 0.511. The molecule has 2 rings (SSSR count). The Hall–Kier alpha value is -2.21. The molecule has 6 nitrogen and oxygen atoms in total. The zero-order valence-electron chi connectivity index (χ0n) is 13.5. The number of amides is 1. The molecule has 1 unspecified atom stereocenters. The Bertz CT molecular complexity index is 699. The lowest BCUT2D eigenvalue weighted by atomic mass is 10.0. The number of allylic oxidation sites excluding steroid dienone is 5. The Kier molecular flexibility index (Phi) is 5.87. The van der Waals surface area contributed by atoms with Crippen LogP contribution in [0, 0.1) is 0 Å². The van der Waals surface area contributed by atoms with Gasteiger partial charge in [-0.15, -0.1) is 0 Å². The van der Waals surface area contributed by atoms with Crippen LogP contribution in [0.2, 0.25) is 0 Å². The van der Waals surface area contributed by atoms with Gasteiger partial charge in [0.2, 0.25) is 6.41 Å². The minimum absolute atomic E-state index is 0.246. The fraction of sp³-hybridized carbons (Fsp3) is 0.375. The summed E-state index contributed by atoms with van der Waals surface area (Å²) in [7, 11) is 0. The van der Waals surface area contributed by atoms with Crippen LogP contribution in [0.5, 0.6) is 0 Å². The van der Waals surface area contributed by atoms with Crippen molar-refractivity contribution in [3.63, 3.8) is 0 Å². The molecule has 1 N–H and O–H groups in total. The monoisotopic (exact) mass is 333 g/mol. The number of hydrogen-bond donors (Lipinski definition) is 1. The number of nitrogens with one attached hydrogen (secondary N) is 1. The number of carbonyl (C=O) groups excluding carboxylic acids is 1. The van der Waals surface area contributed by atoms with Gasteiger partial charge < -0.3 is 5.32 Å². The van der Waals surface area contributed by atoms with E-state index in [2.05, 4.69) is 20.4 Å². The largest absolute Gasteiger partial charge is 0.349 e. The van der Waals surface area contributed by atoms with Gasteiger partial charge in [0.15, 0.2) is 5.82 Å². The number of nitrogens with zero attached hydrogens (tertiary/aromatic N) is 4. The highest BCUT2D eigenvalue weighted by Gasteiger charge is 2.15. The number of carbonyl (C=O) groups is 1. The molecule has 1 aromatic rings. The van der Waals surface area contributed by atoms with Crippen molar-refractivity contribution in [3.05, 3.63) is 46.7 Å². The summed E-state index contributed by atoms with van der Waals surface area (Å²) >= 11 is 6.01. The zero-order chi connectivity index (χ0) is 16.8. The third kappa shape index (κ3) is 4.16. The summed E-state index contributed by atoms with van der Waals surface area (Å²) in [6.45, 7) is 5.66. The normalized spacial score (nSPS) is 17.4. The topological polar surface area (TPSA) is 72.2 Å². The fourth-order valence-electron chi connectivity index (χ4n) is 2.34. The second-order valence-electron chi connectivity index (χ2n) is 5.17. The second kappa shape index (κ2) is 7.87. The van der Waals surface area contributed by atoms with Crippen LogP contribution in [-0.2, 0) is 4.79 Å². The number of halogens is 1. The van der Waals surface area contributed by atoms with E-state index in [4.69, 9.17) is 11.6 Å². The standard InChI is InChI=1S/C16H20ClN5O/c1-4-15(13-5-7-14(17)8-6-13)21-12(3)22-16(18-9-20-22)11(2)19-10-23/h4-5,7,9-11H,6,8H2,1-3H3,(H,19,23)/b15-4-,21-12?. The Morgan fingerprint density at radius 3 is 2.87 bits per heavy atom. The summed E-state index contributed by atoms with van der Waals surface area (Å²) in [6.07, 6.45) is 9.66. The van der Waals surface area contributed by atoms with E-state index in [0.717, 1.165) is 29.1 Å². The molecule has 1 atom stereocenters. The van der Waals surface area contributed by atoms with E-state index in [0.29, 0.717) is 18.1 Å². The van der Waals surface area contributed by atoms with Gasteiger partial charge in [-0.1, -0.05) is 23.8 Å². The summed E-state index contributed by atoms with van der Waals surface area (Å²) in [5.41, 5.74) is 2.03. The summed E-state index contributed by atoms with van der Waals surface area (Å²) in [5.74, 6) is 1.32. The molecule has 1 aliphatic rings. The molecule has 1 aromatic heterocycles. The van der Waals surface area contributed by atoms with Gasteiger partial charge in [-0.2, -0.15) is 5.10 Å². The van der Waals surface area contributed by atoms with Gasteiger partial charge in [0.05, 0.1) is 11.7 Å². The van der Waals surface area contributed by atoms with Crippen LogP contribution in [0.15, 0.2) is 45.9 Å². The molecule has 0 bridgehead atoms. The van der Waals surface area contributed by atoms with Crippen molar-refractivity contribution in [2.24, 2.45) is 4.99 Å². The lowest BCUT2D eigenvalue weighted by Crippen LogP contribution is -2.23. The number of rotatable bonds is 5. The molecule has 0 radical (unpaired) electrons. The summed E-state index contributed by atoms with van der Waals surface area (Å²) in [4.78, 5) is 19.5. The molecule has 122 valence electrons. The van der Waals surface area contributed by atoms with Gasteiger partial charge >= 0.3 is 0 Å². The smallest absolute Gasteiger partial charge is 0.207 e. The van der Waals surface area contributed by atoms with Gasteiger partial charge in [-0.3, -0.25) is 4.79 Å². The van der Waals surface area contributed by atoms with Crippen LogP contribution in [0.1, 0.15) is 45.5 Å². The maximum atomic E-state index is 10.6. The van der Waals surface area contributed by atoms with Gasteiger partial charge in [-0.05, 0) is 45.3 Å². The molecule has 0 spiro atoms. The molecule has 0 aliphatic heterocycles. The number of aromatic nitrogens is 3. The third-order valence-electron chi connectivity index (χ3n) is 3.57. The van der Waals surface area contributed by atoms with Crippen molar-refractivity contribution in [1.82, 2.24) is 20.1 Å². The summed E-state index contributed by atoms with van der Waals surface area (Å²) in [5, 5.41) is 7.73. The second-order valence-corrected chi connectivity index (χ2v) is 5.66. The molecule has 1 aliphatic carbocycles. The van der Waals surface area contributed by atoms with E-state index >= 15 is 0 Å². The van der Waals surface area contributed by atoms with Gasteiger partial charge in [0, 0.05) is 5.03 Å². The molecular formula is C16H20ClN5O. The Balaban J connectivity index is 2.29. The fourth-order valence-corrected chi connectivity index (χ4v) is 2.50. The summed E-state index contributed by atoms with van der Waals surface area (Å²) in [6, 6.07) is -0.246. The van der Waals surface area contributed by atoms with Crippen LogP contribution in [0.25, 0.3) is 0 Å². The molecule has 0 saturated heterocycles. The minimum Gasteiger partial charge on any atom is -0.349 e. The zero-order valence-corrected chi connectivity index (χ0v) is 14.2. The van der Waals surface area contributed by atoms with Crippen molar-refractivity contribution in [3.8, 4) is 0 Å². The maximum absolute atomic E-state index is 10.6. The molecule has 0 aromatic carbocycles. The highest BCUT2D eigenvalue weighted by atomic mass is 35.5. The first-order chi connectivity index (χ1) is 11.1. The highest BCUT2D eigenvalue weighted by Crippen LogP contribution is 2.26. The molecule has 1 amide bonds. The van der Waals surface area contributed by atoms with E-state index in [-0.39, 0.29) is 6.04 Å². The Morgan fingerprint density at radius 1 is 1.48 bits per heavy atom. The van der Waals surface area contributed by atoms with Crippen LogP contribution >= 0.6 is 11.6 Å². The molecule has 23 heavy (non-hydrogen) atoms. The van der Waals surface area contributed by atoms with E-state index in [1.54, 1.807) is 4.68 Å². The lowest BCUT2D eigenvalue weighted by molar-refractivity contribution is -0.110. The van der Waals surface area contributed by atoms with Gasteiger partial charge in [0.25, 0.3) is 0 Å². The first-order valence-electron chi connectivity index (χ1n) is 7.44. The summed E-state index contributed by atoms with van der Waals surface area (Å²) < 4.78 is 1.64. The van der Waals surface area contributed by atoms with Crippen molar-refractivity contribution in [2.75, 3.05) is 0 Å². The van der Waals surface area contributed by atoms with Crippen molar-refractivity contribution in [1.29, 1.82) is 0 Å². The average Bonchev–Trinajstić information content (AvgIpc) is 3.03. The number of aliphatic imine (C=N–C) groups is 1. The van der Waals surface area contributed by atoms with Gasteiger partial charge in [-0.25, -0.2) is 14.7 Å². The van der Waals surface area contributed by atoms with Crippen LogP contribution in [0.3, 0.4) is 0 Å². The SMILES string of the molecule is C/C=C(\N=C(C)n1ncnc1C(C)NC=O)C1=CC=C(Cl)CC1. The first-order valence-corrected chi connectivity index (χ1v) is 7.81. The van der Waals surface area contributed by atoms with Crippen molar-refractivity contribution in [2.45, 2.75) is 39.7 Å². The van der Waals surface area contributed by atoms with Crippen molar-refractivity contribution >= 4 is 23.8 Å². The molecule has 1 heterocycles. The van der Waals surface area contributed by atoms with Crippen molar-refractivity contribution < 1.29 is 4.79 Å². The van der Waals surface area contributed by atoms with Crippen LogP contribution in [-0.4, -0.2) is 27.0 Å². The van der Waals surface area contributed by atoms with E-state index in [1.807, 2.05) is 39.0 Å². The minimum atomic E-state index is -0.246. The molecule has 0 saturated carbocycles. The highest BCUT2D eigenvalue weighted by molar-refractivity contribution is 6.29. The lowest BCUT2D eigenvalue weighted by Gasteiger charge is -2.14.